The maximum absolute atomic E-state index is 10.6. The molecular weight excluding hydrogens is 395 g/mol. The fraction of sp³-hybridized carbons (Fsp3) is 0.556. The molecule has 0 saturated carbocycles. The van der Waals surface area contributed by atoms with Crippen molar-refractivity contribution >= 4 is 17.3 Å². The van der Waals surface area contributed by atoms with Crippen molar-refractivity contribution in [1.82, 2.24) is 14.7 Å². The van der Waals surface area contributed by atoms with Crippen LogP contribution >= 0.6 is 11.3 Å². The lowest BCUT2D eigenvalue weighted by Gasteiger charge is -2.28. The Kier molecular flexibility index (Phi) is 7.62. The summed E-state index contributed by atoms with van der Waals surface area (Å²) in [5.74, 6) is -2.76. The third-order valence-electron chi connectivity index (χ3n) is 4.23. The number of halogens is 3. The van der Waals surface area contributed by atoms with E-state index in [0.717, 1.165) is 31.7 Å². The Labute approximate surface area is 165 Å². The van der Waals surface area contributed by atoms with Gasteiger partial charge in [-0.15, -0.1) is 11.3 Å². The zero-order valence-corrected chi connectivity index (χ0v) is 16.8. The zero-order valence-electron chi connectivity index (χ0n) is 16.0. The van der Waals surface area contributed by atoms with Gasteiger partial charge in [0.15, 0.2) is 0 Å². The molecule has 0 aliphatic carbocycles. The smallest absolute Gasteiger partial charge is 0.475 e. The molecule has 2 aromatic heterocycles. The van der Waals surface area contributed by atoms with E-state index in [1.807, 2.05) is 11.3 Å². The van der Waals surface area contributed by atoms with Gasteiger partial charge in [-0.1, -0.05) is 6.07 Å². The summed E-state index contributed by atoms with van der Waals surface area (Å²) in [6.07, 6.45) is -4.01. The summed E-state index contributed by atoms with van der Waals surface area (Å²) in [6.45, 7) is 8.14. The standard InChI is InChI=1S/C16H23N3OS.C2HF3O2/c1-12(2)19-16-10-18(9-13-5-4-8-21-13)7-6-14(16)15(17-19)11-20-3;3-2(4,5)1(6)7/h4-5,8,12H,6-7,9-11H2,1-3H3;(H,6,7). The molecule has 0 bridgehead atoms. The number of rotatable bonds is 5. The van der Waals surface area contributed by atoms with Crippen molar-refractivity contribution in [1.29, 1.82) is 0 Å². The first-order chi connectivity index (χ1) is 13.1. The van der Waals surface area contributed by atoms with E-state index >= 15 is 0 Å². The molecular formula is C18H24F3N3O3S. The molecule has 28 heavy (non-hydrogen) atoms. The van der Waals surface area contributed by atoms with Gasteiger partial charge < -0.3 is 9.84 Å². The van der Waals surface area contributed by atoms with Crippen LogP contribution in [0.2, 0.25) is 0 Å². The number of nitrogens with zero attached hydrogens (tertiary/aromatic N) is 3. The topological polar surface area (TPSA) is 67.6 Å². The second-order valence-electron chi connectivity index (χ2n) is 6.69. The second kappa shape index (κ2) is 9.53. The van der Waals surface area contributed by atoms with Gasteiger partial charge in [0.25, 0.3) is 0 Å². The normalized spacial score (nSPS) is 14.5. The summed E-state index contributed by atoms with van der Waals surface area (Å²) in [6, 6.07) is 4.74. The summed E-state index contributed by atoms with van der Waals surface area (Å²) < 4.78 is 39.2. The minimum absolute atomic E-state index is 0.394. The van der Waals surface area contributed by atoms with Crippen molar-refractivity contribution in [2.75, 3.05) is 13.7 Å². The monoisotopic (exact) mass is 419 g/mol. The Morgan fingerprint density at radius 1 is 1.43 bits per heavy atom. The molecule has 0 unspecified atom stereocenters. The van der Waals surface area contributed by atoms with Crippen molar-refractivity contribution in [2.45, 2.75) is 52.2 Å². The van der Waals surface area contributed by atoms with Crippen molar-refractivity contribution in [3.05, 3.63) is 39.3 Å². The molecule has 1 N–H and O–H groups in total. The molecule has 0 atom stereocenters. The fourth-order valence-electron chi connectivity index (χ4n) is 3.01. The average molecular weight is 419 g/mol. The van der Waals surface area contributed by atoms with E-state index in [9.17, 15) is 13.2 Å². The number of methoxy groups -OCH3 is 1. The highest BCUT2D eigenvalue weighted by atomic mass is 32.1. The Balaban J connectivity index is 0.000000345. The molecule has 0 fully saturated rings. The molecule has 2 aromatic rings. The molecule has 0 aromatic carbocycles. The SMILES string of the molecule is COCc1nn(C(C)C)c2c1CCN(Cc1cccs1)C2.O=C(O)C(F)(F)F. The maximum atomic E-state index is 10.6. The lowest BCUT2D eigenvalue weighted by atomic mass is 10.0. The summed E-state index contributed by atoms with van der Waals surface area (Å²) in [4.78, 5) is 12.9. The van der Waals surface area contributed by atoms with Gasteiger partial charge in [0.2, 0.25) is 0 Å². The number of aromatic nitrogens is 2. The van der Waals surface area contributed by atoms with E-state index in [1.165, 1.54) is 16.1 Å². The van der Waals surface area contributed by atoms with E-state index in [1.54, 1.807) is 7.11 Å². The molecule has 0 radical (unpaired) electrons. The molecule has 0 spiro atoms. The number of alkyl halides is 3. The summed E-state index contributed by atoms with van der Waals surface area (Å²) in [5, 5.41) is 14.1. The largest absolute Gasteiger partial charge is 0.490 e. The van der Waals surface area contributed by atoms with Crippen LogP contribution < -0.4 is 0 Å². The second-order valence-corrected chi connectivity index (χ2v) is 7.72. The highest BCUT2D eigenvalue weighted by molar-refractivity contribution is 7.09. The van der Waals surface area contributed by atoms with E-state index in [2.05, 4.69) is 40.9 Å². The fourth-order valence-corrected chi connectivity index (χ4v) is 3.76. The molecule has 156 valence electrons. The van der Waals surface area contributed by atoms with E-state index in [0.29, 0.717) is 12.6 Å². The van der Waals surface area contributed by atoms with Crippen LogP contribution in [0.1, 0.15) is 41.7 Å². The minimum Gasteiger partial charge on any atom is -0.475 e. The number of ether oxygens (including phenoxy) is 1. The Morgan fingerprint density at radius 2 is 2.11 bits per heavy atom. The van der Waals surface area contributed by atoms with Crippen LogP contribution in [-0.2, 0) is 35.6 Å². The first kappa shape index (κ1) is 22.4. The number of hydrogen-bond acceptors (Lipinski definition) is 5. The van der Waals surface area contributed by atoms with E-state index < -0.39 is 12.1 Å². The van der Waals surface area contributed by atoms with Gasteiger partial charge in [0.05, 0.1) is 18.0 Å². The molecule has 0 saturated heterocycles. The van der Waals surface area contributed by atoms with Crippen molar-refractivity contribution in [3.63, 3.8) is 0 Å². The Hall–Kier alpha value is -1.91. The number of carboxylic acids is 1. The first-order valence-corrected chi connectivity index (χ1v) is 9.64. The molecule has 6 nitrogen and oxygen atoms in total. The molecule has 10 heteroatoms. The van der Waals surface area contributed by atoms with Crippen LogP contribution in [-0.4, -0.2) is 45.6 Å². The molecule has 3 heterocycles. The number of fused-ring (bicyclic) bond motifs is 1. The van der Waals surface area contributed by atoms with Gasteiger partial charge in [0, 0.05) is 43.2 Å². The molecule has 3 rings (SSSR count). The molecule has 1 aliphatic heterocycles. The molecule has 1 aliphatic rings. The average Bonchev–Trinajstić information content (AvgIpc) is 3.23. The lowest BCUT2D eigenvalue weighted by molar-refractivity contribution is -0.192. The number of carboxylic acid groups (broad SMARTS) is 1. The zero-order chi connectivity index (χ0) is 20.9. The third-order valence-corrected chi connectivity index (χ3v) is 5.09. The van der Waals surface area contributed by atoms with Crippen LogP contribution in [0.5, 0.6) is 0 Å². The number of carbonyl (C=O) groups is 1. The van der Waals surface area contributed by atoms with Crippen molar-refractivity contribution in [3.8, 4) is 0 Å². The quantitative estimate of drug-likeness (QED) is 0.797. The maximum Gasteiger partial charge on any atom is 0.490 e. The lowest BCUT2D eigenvalue weighted by Crippen LogP contribution is -2.31. The van der Waals surface area contributed by atoms with E-state index in [-0.39, 0.29) is 0 Å². The van der Waals surface area contributed by atoms with Crippen LogP contribution in [0.4, 0.5) is 13.2 Å². The van der Waals surface area contributed by atoms with Gasteiger partial charge in [0.1, 0.15) is 0 Å². The Morgan fingerprint density at radius 3 is 2.61 bits per heavy atom. The predicted octanol–water partition coefficient (Wildman–Crippen LogP) is 3.86. The van der Waals surface area contributed by atoms with Gasteiger partial charge >= 0.3 is 12.1 Å². The van der Waals surface area contributed by atoms with Gasteiger partial charge in [-0.25, -0.2) is 4.79 Å². The van der Waals surface area contributed by atoms with Gasteiger partial charge in [-0.2, -0.15) is 18.3 Å². The predicted molar refractivity (Wildman–Crippen MR) is 99.2 cm³/mol. The summed E-state index contributed by atoms with van der Waals surface area (Å²) >= 11 is 1.84. The van der Waals surface area contributed by atoms with Crippen molar-refractivity contribution < 1.29 is 27.8 Å². The van der Waals surface area contributed by atoms with E-state index in [4.69, 9.17) is 19.7 Å². The number of thiophene rings is 1. The summed E-state index contributed by atoms with van der Waals surface area (Å²) in [7, 11) is 1.74. The van der Waals surface area contributed by atoms with Gasteiger partial charge in [-0.3, -0.25) is 9.58 Å². The van der Waals surface area contributed by atoms with Crippen molar-refractivity contribution in [2.24, 2.45) is 0 Å². The Bertz CT molecular complexity index is 773. The number of hydrogen-bond donors (Lipinski definition) is 1. The third kappa shape index (κ3) is 5.79. The van der Waals surface area contributed by atoms with Gasteiger partial charge in [-0.05, 0) is 31.7 Å². The highest BCUT2D eigenvalue weighted by Crippen LogP contribution is 2.27. The van der Waals surface area contributed by atoms with Crippen LogP contribution in [0.25, 0.3) is 0 Å². The first-order valence-electron chi connectivity index (χ1n) is 8.76. The van der Waals surface area contributed by atoms with Crippen LogP contribution in [0.15, 0.2) is 17.5 Å². The highest BCUT2D eigenvalue weighted by Gasteiger charge is 2.38. The van der Waals surface area contributed by atoms with Crippen LogP contribution in [0.3, 0.4) is 0 Å². The summed E-state index contributed by atoms with van der Waals surface area (Å²) in [5.41, 5.74) is 3.91. The minimum atomic E-state index is -5.08. The molecule has 0 amide bonds. The van der Waals surface area contributed by atoms with Crippen LogP contribution in [0, 0.1) is 0 Å². The number of aliphatic carboxylic acids is 1.